The molecular formula is C15H20N2O7. The van der Waals surface area contributed by atoms with Gasteiger partial charge in [0, 0.05) is 6.07 Å². The van der Waals surface area contributed by atoms with Gasteiger partial charge in [0.15, 0.2) is 5.92 Å². The Morgan fingerprint density at radius 2 is 1.92 bits per heavy atom. The Hall–Kier alpha value is -2.71. The molecule has 24 heavy (non-hydrogen) atoms. The van der Waals surface area contributed by atoms with Crippen molar-refractivity contribution in [3.63, 3.8) is 0 Å². The molecule has 0 aromatic carbocycles. The molecule has 1 heterocycles. The van der Waals surface area contributed by atoms with Gasteiger partial charge in [-0.2, -0.15) is 0 Å². The van der Waals surface area contributed by atoms with E-state index in [1.807, 2.05) is 0 Å². The van der Waals surface area contributed by atoms with E-state index in [2.05, 4.69) is 4.98 Å². The van der Waals surface area contributed by atoms with Crippen LogP contribution in [-0.4, -0.2) is 41.2 Å². The van der Waals surface area contributed by atoms with Crippen LogP contribution in [-0.2, 0) is 19.1 Å². The van der Waals surface area contributed by atoms with Crippen LogP contribution in [0.5, 0.6) is 5.88 Å². The van der Waals surface area contributed by atoms with E-state index in [1.54, 1.807) is 27.7 Å². The number of nitro groups is 1. The summed E-state index contributed by atoms with van der Waals surface area (Å²) in [5.74, 6) is -3.48. The second-order valence-electron chi connectivity index (χ2n) is 5.74. The molecule has 0 radical (unpaired) electrons. The van der Waals surface area contributed by atoms with Gasteiger partial charge in [-0.05, 0) is 33.8 Å². The lowest BCUT2D eigenvalue weighted by Gasteiger charge is -2.23. The van der Waals surface area contributed by atoms with Gasteiger partial charge in [-0.25, -0.2) is 4.98 Å². The van der Waals surface area contributed by atoms with E-state index in [1.165, 1.54) is 13.2 Å². The Balaban J connectivity index is 3.31. The molecule has 0 fully saturated rings. The fourth-order valence-corrected chi connectivity index (χ4v) is 1.82. The van der Waals surface area contributed by atoms with Crippen LogP contribution < -0.4 is 4.74 Å². The van der Waals surface area contributed by atoms with Gasteiger partial charge in [-0.3, -0.25) is 19.7 Å². The molecule has 132 valence electrons. The zero-order valence-electron chi connectivity index (χ0n) is 14.2. The van der Waals surface area contributed by atoms with E-state index in [9.17, 15) is 19.7 Å². The smallest absolute Gasteiger partial charge is 0.330 e. The van der Waals surface area contributed by atoms with Crippen LogP contribution in [0.1, 0.15) is 39.3 Å². The summed E-state index contributed by atoms with van der Waals surface area (Å²) in [6.45, 7) is 6.60. The van der Waals surface area contributed by atoms with Crippen LogP contribution in [0.3, 0.4) is 0 Å². The van der Waals surface area contributed by atoms with Crippen molar-refractivity contribution in [2.45, 2.75) is 39.2 Å². The predicted octanol–water partition coefficient (Wildman–Crippen LogP) is 1.99. The summed E-state index contributed by atoms with van der Waals surface area (Å²) in [5, 5.41) is 10.9. The van der Waals surface area contributed by atoms with Crippen molar-refractivity contribution in [1.82, 2.24) is 4.98 Å². The maximum absolute atomic E-state index is 12.4. The van der Waals surface area contributed by atoms with Crippen LogP contribution in [0, 0.1) is 10.1 Å². The Kier molecular flexibility index (Phi) is 6.21. The first-order chi connectivity index (χ1) is 11.1. The largest absolute Gasteiger partial charge is 0.476 e. The molecule has 0 spiro atoms. The zero-order chi connectivity index (χ0) is 18.5. The lowest BCUT2D eigenvalue weighted by molar-refractivity contribution is -0.386. The highest BCUT2D eigenvalue weighted by atomic mass is 16.6. The molecule has 1 aromatic heterocycles. The van der Waals surface area contributed by atoms with Gasteiger partial charge in [-0.15, -0.1) is 0 Å². The van der Waals surface area contributed by atoms with Crippen molar-refractivity contribution in [2.24, 2.45) is 0 Å². The van der Waals surface area contributed by atoms with Gasteiger partial charge < -0.3 is 14.2 Å². The number of carbonyl (C=O) groups excluding carboxylic acids is 2. The number of carbonyl (C=O) groups is 2. The predicted molar refractivity (Wildman–Crippen MR) is 82.7 cm³/mol. The summed E-state index contributed by atoms with van der Waals surface area (Å²) in [4.78, 5) is 38.7. The Morgan fingerprint density at radius 3 is 2.38 bits per heavy atom. The zero-order valence-corrected chi connectivity index (χ0v) is 14.2. The van der Waals surface area contributed by atoms with Gasteiger partial charge in [0.05, 0.1) is 24.3 Å². The molecule has 1 unspecified atom stereocenters. The molecule has 0 aliphatic rings. The highest BCUT2D eigenvalue weighted by molar-refractivity contribution is 6.00. The van der Waals surface area contributed by atoms with Gasteiger partial charge in [-0.1, -0.05) is 0 Å². The van der Waals surface area contributed by atoms with Crippen LogP contribution in [0.2, 0.25) is 0 Å². The lowest BCUT2D eigenvalue weighted by atomic mass is 10.0. The number of nitrogens with zero attached hydrogens (tertiary/aromatic N) is 2. The van der Waals surface area contributed by atoms with Gasteiger partial charge in [0.2, 0.25) is 0 Å². The van der Waals surface area contributed by atoms with Crippen molar-refractivity contribution >= 4 is 17.6 Å². The van der Waals surface area contributed by atoms with Gasteiger partial charge >= 0.3 is 17.6 Å². The van der Waals surface area contributed by atoms with Crippen molar-refractivity contribution < 1.29 is 28.7 Å². The maximum atomic E-state index is 12.4. The molecule has 0 bridgehead atoms. The molecule has 0 saturated carbocycles. The number of rotatable bonds is 6. The first-order valence-corrected chi connectivity index (χ1v) is 7.19. The highest BCUT2D eigenvalue weighted by Crippen LogP contribution is 2.28. The number of methoxy groups -OCH3 is 1. The molecule has 0 N–H and O–H groups in total. The van der Waals surface area contributed by atoms with Crippen molar-refractivity contribution in [3.05, 3.63) is 27.9 Å². The number of pyridine rings is 1. The fraction of sp³-hybridized carbons (Fsp3) is 0.533. The third kappa shape index (κ3) is 4.90. The van der Waals surface area contributed by atoms with Crippen molar-refractivity contribution in [2.75, 3.05) is 13.7 Å². The van der Waals surface area contributed by atoms with Crippen molar-refractivity contribution in [1.29, 1.82) is 0 Å². The quantitative estimate of drug-likeness (QED) is 0.334. The second-order valence-corrected chi connectivity index (χ2v) is 5.74. The standard InChI is InChI=1S/C15H20N2O7/c1-6-23-13(18)11(14(19)24-15(2,3)4)9-7-8-10(17(20)21)12(16-9)22-5/h7-8,11H,6H2,1-5H3. The number of aromatic nitrogens is 1. The van der Waals surface area contributed by atoms with E-state index < -0.39 is 28.4 Å². The molecule has 0 amide bonds. The normalized spacial score (nSPS) is 12.2. The summed E-state index contributed by atoms with van der Waals surface area (Å²) in [6, 6.07) is 2.31. The van der Waals surface area contributed by atoms with E-state index >= 15 is 0 Å². The minimum Gasteiger partial charge on any atom is -0.476 e. The molecule has 9 heteroatoms. The van der Waals surface area contributed by atoms with Crippen LogP contribution in [0.4, 0.5) is 5.69 Å². The third-order valence-corrected chi connectivity index (χ3v) is 2.71. The van der Waals surface area contributed by atoms with Crippen LogP contribution in [0.15, 0.2) is 12.1 Å². The summed E-state index contributed by atoms with van der Waals surface area (Å²) >= 11 is 0. The Morgan fingerprint density at radius 1 is 1.29 bits per heavy atom. The molecular weight excluding hydrogens is 320 g/mol. The summed E-state index contributed by atoms with van der Waals surface area (Å²) in [6.07, 6.45) is 0. The molecule has 1 aromatic rings. The van der Waals surface area contributed by atoms with Gasteiger partial charge in [0.1, 0.15) is 5.60 Å². The van der Waals surface area contributed by atoms with Gasteiger partial charge in [0.25, 0.3) is 5.88 Å². The summed E-state index contributed by atoms with van der Waals surface area (Å²) in [5.41, 5.74) is -1.26. The highest BCUT2D eigenvalue weighted by Gasteiger charge is 2.36. The molecule has 1 atom stereocenters. The van der Waals surface area contributed by atoms with Crippen molar-refractivity contribution in [3.8, 4) is 5.88 Å². The maximum Gasteiger partial charge on any atom is 0.330 e. The topological polar surface area (TPSA) is 118 Å². The minimum absolute atomic E-state index is 0.0508. The van der Waals surface area contributed by atoms with Crippen LogP contribution in [0.25, 0.3) is 0 Å². The fourth-order valence-electron chi connectivity index (χ4n) is 1.82. The molecule has 1 rings (SSSR count). The van der Waals surface area contributed by atoms with E-state index in [0.29, 0.717) is 0 Å². The Labute approximate surface area is 139 Å². The average Bonchev–Trinajstić information content (AvgIpc) is 2.45. The minimum atomic E-state index is -1.46. The Bertz CT molecular complexity index is 637. The number of hydrogen-bond acceptors (Lipinski definition) is 8. The van der Waals surface area contributed by atoms with Crippen LogP contribution >= 0.6 is 0 Å². The van der Waals surface area contributed by atoms with E-state index in [-0.39, 0.29) is 23.9 Å². The average molecular weight is 340 g/mol. The van der Waals surface area contributed by atoms with E-state index in [4.69, 9.17) is 14.2 Å². The summed E-state index contributed by atoms with van der Waals surface area (Å²) in [7, 11) is 1.20. The lowest BCUT2D eigenvalue weighted by Crippen LogP contribution is -2.33. The molecule has 0 aliphatic heterocycles. The molecule has 9 nitrogen and oxygen atoms in total. The number of ether oxygens (including phenoxy) is 3. The second kappa shape index (κ2) is 7.71. The number of esters is 2. The summed E-state index contributed by atoms with van der Waals surface area (Å²) < 4.78 is 15.0. The third-order valence-electron chi connectivity index (χ3n) is 2.71. The monoisotopic (exact) mass is 340 g/mol. The molecule has 0 aliphatic carbocycles. The number of hydrogen-bond donors (Lipinski definition) is 0. The first-order valence-electron chi connectivity index (χ1n) is 7.19. The molecule has 0 saturated heterocycles. The SMILES string of the molecule is CCOC(=O)C(C(=O)OC(C)(C)C)c1ccc([N+](=O)[O-])c(OC)n1. The van der Waals surface area contributed by atoms with E-state index in [0.717, 1.165) is 6.07 Å². The first kappa shape index (κ1) is 19.3.